The molecule has 4 nitrogen and oxygen atoms in total. The van der Waals surface area contributed by atoms with Crippen LogP contribution in [-0.4, -0.2) is 35.8 Å². The number of alkyl halides is 1. The van der Waals surface area contributed by atoms with Gasteiger partial charge in [0.1, 0.15) is 11.9 Å². The molecule has 0 aromatic rings. The number of ether oxygens (including phenoxy) is 1. The lowest BCUT2D eigenvalue weighted by molar-refractivity contribution is -0.149. The molecule has 0 aliphatic carbocycles. The molecule has 1 atom stereocenters. The average Bonchev–Trinajstić information content (AvgIpc) is 2.76. The molecule has 98 valence electrons. The minimum atomic E-state index is -0.640. The van der Waals surface area contributed by atoms with Crippen LogP contribution in [0.25, 0.3) is 0 Å². The summed E-state index contributed by atoms with van der Waals surface area (Å²) in [6.07, 6.45) is 5.58. The highest BCUT2D eigenvalue weighted by Crippen LogP contribution is 2.33. The first-order valence-electron chi connectivity index (χ1n) is 5.54. The van der Waals surface area contributed by atoms with E-state index in [1.807, 2.05) is 13.0 Å². The summed E-state index contributed by atoms with van der Waals surface area (Å²) in [7, 11) is 1.30. The van der Waals surface area contributed by atoms with Crippen molar-refractivity contribution in [3.8, 4) is 0 Å². The van der Waals surface area contributed by atoms with Crippen LogP contribution in [-0.2, 0) is 14.3 Å². The first kappa shape index (κ1) is 14.5. The number of likely N-dealkylation sites (tertiary alicyclic amines) is 1. The number of hydrogen-bond donors (Lipinski definition) is 0. The standard InChI is InChI=1S/C13H16ClNO3/c1-4-6-10-9(5-2)7-11(13(17)18-3)15(10)12(16)8-14/h4-6,11H,1,7-8H2,2-3H3/b9-5-,10-6+. The molecule has 0 bridgehead atoms. The maximum absolute atomic E-state index is 11.9. The molecule has 0 aromatic heterocycles. The Balaban J connectivity index is 3.22. The number of amides is 1. The van der Waals surface area contributed by atoms with Gasteiger partial charge >= 0.3 is 5.97 Å². The highest BCUT2D eigenvalue weighted by Gasteiger charge is 2.40. The normalized spacial score (nSPS) is 23.5. The molecule has 0 aromatic carbocycles. The number of carbonyl (C=O) groups is 2. The number of hydrogen-bond acceptors (Lipinski definition) is 3. The summed E-state index contributed by atoms with van der Waals surface area (Å²) in [5.41, 5.74) is 1.57. The van der Waals surface area contributed by atoms with Crippen molar-refractivity contribution in [2.24, 2.45) is 0 Å². The molecule has 1 fully saturated rings. The SMILES string of the molecule is C=C/C=C1\C(=C/C)CC(C(=O)OC)N1C(=O)CCl. The molecule has 1 heterocycles. The average molecular weight is 270 g/mol. The van der Waals surface area contributed by atoms with Crippen LogP contribution in [0.1, 0.15) is 13.3 Å². The fourth-order valence-corrected chi connectivity index (χ4v) is 2.12. The molecule has 18 heavy (non-hydrogen) atoms. The molecule has 1 aliphatic rings. The lowest BCUT2D eigenvalue weighted by Crippen LogP contribution is -2.40. The van der Waals surface area contributed by atoms with E-state index >= 15 is 0 Å². The molecule has 1 saturated heterocycles. The number of allylic oxidation sites excluding steroid dienone is 4. The third-order valence-electron chi connectivity index (χ3n) is 2.79. The van der Waals surface area contributed by atoms with Gasteiger partial charge in [0.2, 0.25) is 5.91 Å². The first-order valence-corrected chi connectivity index (χ1v) is 6.08. The van der Waals surface area contributed by atoms with Crippen LogP contribution in [0.4, 0.5) is 0 Å². The fraction of sp³-hybridized carbons (Fsp3) is 0.385. The van der Waals surface area contributed by atoms with E-state index < -0.39 is 12.0 Å². The van der Waals surface area contributed by atoms with Crippen LogP contribution in [0.5, 0.6) is 0 Å². The summed E-state index contributed by atoms with van der Waals surface area (Å²) in [5, 5.41) is 0. The molecule has 5 heteroatoms. The van der Waals surface area contributed by atoms with Gasteiger partial charge in [0.05, 0.1) is 7.11 Å². The first-order chi connectivity index (χ1) is 8.60. The lowest BCUT2D eigenvalue weighted by Gasteiger charge is -2.22. The van der Waals surface area contributed by atoms with E-state index in [2.05, 4.69) is 6.58 Å². The zero-order valence-electron chi connectivity index (χ0n) is 10.5. The number of carbonyl (C=O) groups excluding carboxylic acids is 2. The molecule has 1 aliphatic heterocycles. The topological polar surface area (TPSA) is 46.6 Å². The predicted octanol–water partition coefficient (Wildman–Crippen LogP) is 2.02. The Morgan fingerprint density at radius 3 is 2.72 bits per heavy atom. The number of halogens is 1. The minimum Gasteiger partial charge on any atom is -0.467 e. The Bertz CT molecular complexity index is 426. The van der Waals surface area contributed by atoms with Crippen molar-refractivity contribution in [3.63, 3.8) is 0 Å². The minimum absolute atomic E-state index is 0.182. The van der Waals surface area contributed by atoms with Crippen molar-refractivity contribution in [1.82, 2.24) is 4.90 Å². The smallest absolute Gasteiger partial charge is 0.329 e. The van der Waals surface area contributed by atoms with E-state index in [-0.39, 0.29) is 11.8 Å². The summed E-state index contributed by atoms with van der Waals surface area (Å²) in [5.74, 6) is -0.948. The van der Waals surface area contributed by atoms with Crippen molar-refractivity contribution in [3.05, 3.63) is 36.1 Å². The summed E-state index contributed by atoms with van der Waals surface area (Å²) in [6.45, 7) is 5.47. The van der Waals surface area contributed by atoms with Gasteiger partial charge in [-0.15, -0.1) is 11.6 Å². The second-order valence-electron chi connectivity index (χ2n) is 3.74. The number of nitrogens with zero attached hydrogens (tertiary/aromatic N) is 1. The van der Waals surface area contributed by atoms with Gasteiger partial charge in [-0.1, -0.05) is 18.7 Å². The Labute approximate surface area is 112 Å². The quantitative estimate of drug-likeness (QED) is 0.582. The van der Waals surface area contributed by atoms with Crippen molar-refractivity contribution in [2.45, 2.75) is 19.4 Å². The predicted molar refractivity (Wildman–Crippen MR) is 70.0 cm³/mol. The van der Waals surface area contributed by atoms with E-state index in [9.17, 15) is 9.59 Å². The second-order valence-corrected chi connectivity index (χ2v) is 4.01. The van der Waals surface area contributed by atoms with Crippen LogP contribution in [0.2, 0.25) is 0 Å². The van der Waals surface area contributed by atoms with E-state index in [1.165, 1.54) is 12.0 Å². The largest absolute Gasteiger partial charge is 0.467 e. The van der Waals surface area contributed by atoms with Gasteiger partial charge in [0.25, 0.3) is 0 Å². The van der Waals surface area contributed by atoms with Gasteiger partial charge in [0.15, 0.2) is 0 Å². The monoisotopic (exact) mass is 269 g/mol. The maximum Gasteiger partial charge on any atom is 0.329 e. The molecule has 1 rings (SSSR count). The third-order valence-corrected chi connectivity index (χ3v) is 3.02. The van der Waals surface area contributed by atoms with E-state index in [1.54, 1.807) is 12.2 Å². The zero-order chi connectivity index (χ0) is 13.7. The summed E-state index contributed by atoms with van der Waals surface area (Å²) in [6, 6.07) is -0.640. The lowest BCUT2D eigenvalue weighted by atomic mass is 10.1. The Morgan fingerprint density at radius 2 is 2.28 bits per heavy atom. The van der Waals surface area contributed by atoms with Crippen molar-refractivity contribution < 1.29 is 14.3 Å². The molecular weight excluding hydrogens is 254 g/mol. The Kier molecular flexibility index (Phi) is 5.16. The molecule has 0 saturated carbocycles. The molecule has 0 spiro atoms. The highest BCUT2D eigenvalue weighted by molar-refractivity contribution is 6.27. The molecule has 1 unspecified atom stereocenters. The van der Waals surface area contributed by atoms with Gasteiger partial charge in [-0.05, 0) is 18.6 Å². The van der Waals surface area contributed by atoms with Crippen LogP contribution in [0.3, 0.4) is 0 Å². The number of methoxy groups -OCH3 is 1. The summed E-state index contributed by atoms with van der Waals surface area (Å²) < 4.78 is 4.72. The fourth-order valence-electron chi connectivity index (χ4n) is 1.99. The summed E-state index contributed by atoms with van der Waals surface area (Å²) in [4.78, 5) is 25.0. The van der Waals surface area contributed by atoms with Crippen molar-refractivity contribution >= 4 is 23.5 Å². The van der Waals surface area contributed by atoms with E-state index in [0.717, 1.165) is 5.57 Å². The molecule has 1 amide bonds. The van der Waals surface area contributed by atoms with Gasteiger partial charge in [-0.2, -0.15) is 0 Å². The van der Waals surface area contributed by atoms with Crippen molar-refractivity contribution in [1.29, 1.82) is 0 Å². The zero-order valence-corrected chi connectivity index (χ0v) is 11.2. The van der Waals surface area contributed by atoms with Gasteiger partial charge in [-0.3, -0.25) is 9.69 Å². The van der Waals surface area contributed by atoms with Gasteiger partial charge < -0.3 is 4.74 Å². The van der Waals surface area contributed by atoms with Crippen LogP contribution in [0, 0.1) is 0 Å². The number of esters is 1. The summed E-state index contributed by atoms with van der Waals surface area (Å²) >= 11 is 5.59. The van der Waals surface area contributed by atoms with Gasteiger partial charge in [0, 0.05) is 12.1 Å². The Hall–Kier alpha value is -1.55. The van der Waals surface area contributed by atoms with Crippen LogP contribution < -0.4 is 0 Å². The molecule has 0 N–H and O–H groups in total. The number of rotatable bonds is 3. The van der Waals surface area contributed by atoms with Crippen LogP contribution >= 0.6 is 11.6 Å². The van der Waals surface area contributed by atoms with Crippen LogP contribution in [0.15, 0.2) is 36.1 Å². The molecule has 0 radical (unpaired) electrons. The van der Waals surface area contributed by atoms with Crippen molar-refractivity contribution in [2.75, 3.05) is 13.0 Å². The molecular formula is C13H16ClNO3. The van der Waals surface area contributed by atoms with E-state index in [0.29, 0.717) is 12.1 Å². The van der Waals surface area contributed by atoms with E-state index in [4.69, 9.17) is 16.3 Å². The maximum atomic E-state index is 11.9. The third kappa shape index (κ3) is 2.64. The highest BCUT2D eigenvalue weighted by atomic mass is 35.5. The van der Waals surface area contributed by atoms with Gasteiger partial charge in [-0.25, -0.2) is 4.79 Å². The Morgan fingerprint density at radius 1 is 1.61 bits per heavy atom. The second kappa shape index (κ2) is 6.40.